The Hall–Kier alpha value is -5.32. The second kappa shape index (κ2) is 24.1. The van der Waals surface area contributed by atoms with E-state index in [1.165, 1.54) is 0 Å². The van der Waals surface area contributed by atoms with E-state index in [1.807, 2.05) is 157 Å². The second-order valence-corrected chi connectivity index (χ2v) is 23.9. The van der Waals surface area contributed by atoms with Gasteiger partial charge < -0.3 is 20.0 Å². The monoisotopic (exact) mass is 1100 g/mol. The Morgan fingerprint density at radius 1 is 0.553 bits per heavy atom. The highest BCUT2D eigenvalue weighted by Crippen LogP contribution is 2.56. The lowest BCUT2D eigenvalue weighted by Crippen LogP contribution is -2.53. The van der Waals surface area contributed by atoms with Gasteiger partial charge in [-0.3, -0.25) is 19.6 Å². The van der Waals surface area contributed by atoms with Gasteiger partial charge in [-0.15, -0.1) is 13.2 Å². The highest BCUT2D eigenvalue weighted by molar-refractivity contribution is 6.31. The molecule has 2 amide bonds. The van der Waals surface area contributed by atoms with Crippen LogP contribution in [0.5, 0.6) is 0 Å². The number of pyridine rings is 2. The molecule has 0 saturated carbocycles. The molecule has 2 aromatic heterocycles. The molecule has 0 spiro atoms. The maximum absolute atomic E-state index is 14.5. The predicted octanol–water partition coefficient (Wildman–Crippen LogP) is 16.8. The molecule has 400 valence electrons. The summed E-state index contributed by atoms with van der Waals surface area (Å²) < 4.78 is 0. The van der Waals surface area contributed by atoms with Gasteiger partial charge in [-0.25, -0.2) is 0 Å². The molecule has 0 bridgehead atoms. The molecular formula is C64H72Cl4N4O4. The Morgan fingerprint density at radius 3 is 1.20 bits per heavy atom. The van der Waals surface area contributed by atoms with Gasteiger partial charge in [0.15, 0.2) is 0 Å². The van der Waals surface area contributed by atoms with Crippen LogP contribution in [-0.2, 0) is 20.8 Å². The third kappa shape index (κ3) is 12.8. The smallest absolute Gasteiger partial charge is 0.229 e. The minimum atomic E-state index is -1.10. The number of carbonyl (C=O) groups excluding carboxylic acids is 2. The molecule has 8 atom stereocenters. The number of aromatic nitrogens is 2. The summed E-state index contributed by atoms with van der Waals surface area (Å²) in [7, 11) is 0. The van der Waals surface area contributed by atoms with Crippen molar-refractivity contribution in [2.75, 3.05) is 0 Å². The average molecular weight is 1100 g/mol. The lowest BCUT2D eigenvalue weighted by Gasteiger charge is -2.52. The van der Waals surface area contributed by atoms with Gasteiger partial charge in [0, 0.05) is 31.9 Å². The van der Waals surface area contributed by atoms with Gasteiger partial charge in [-0.2, -0.15) is 0 Å². The van der Waals surface area contributed by atoms with Crippen molar-refractivity contribution in [2.24, 2.45) is 10.8 Å². The number of hydrogen-bond acceptors (Lipinski definition) is 6. The van der Waals surface area contributed by atoms with Crippen LogP contribution in [0.3, 0.4) is 0 Å². The highest BCUT2D eigenvalue weighted by atomic mass is 35.5. The number of benzene rings is 4. The molecule has 6 aromatic rings. The van der Waals surface area contributed by atoms with Crippen LogP contribution in [0.25, 0.3) is 0 Å². The van der Waals surface area contributed by atoms with Crippen LogP contribution in [0.4, 0.5) is 0 Å². The van der Waals surface area contributed by atoms with Crippen LogP contribution in [0.15, 0.2) is 159 Å². The van der Waals surface area contributed by atoms with Gasteiger partial charge in [-0.05, 0) is 161 Å². The number of amides is 2. The molecule has 2 aliphatic rings. The lowest BCUT2D eigenvalue weighted by molar-refractivity contribution is -0.155. The van der Waals surface area contributed by atoms with Crippen molar-refractivity contribution in [1.29, 1.82) is 0 Å². The fraction of sp³-hybridized carbons (Fsp3) is 0.375. The van der Waals surface area contributed by atoms with Crippen molar-refractivity contribution < 1.29 is 19.8 Å². The topological polar surface area (TPSA) is 107 Å². The van der Waals surface area contributed by atoms with Gasteiger partial charge in [0.1, 0.15) is 11.2 Å². The van der Waals surface area contributed by atoms with E-state index in [-0.39, 0.29) is 47.8 Å². The molecule has 8 rings (SSSR count). The molecule has 8 nitrogen and oxygen atoms in total. The standard InChI is InChI=1S/2C32H36Cl2N2O2/c2*1-6-18-32(5)20-25(22-10-8-11-24(34)19-22)29(21-14-16-23(33)17-15-21)36(30(32)37)27(7-2)26-12-9-13-28(35-26)31(3,4)38/h2*6,8-17,19,25,27,29,38H,1,7,18,20H2,2-5H3/t25-,27+,29-,32+;25-,27-,29-,32+/m11/s1. The first-order chi connectivity index (χ1) is 36.0. The molecule has 2 saturated heterocycles. The van der Waals surface area contributed by atoms with Gasteiger partial charge >= 0.3 is 0 Å². The first-order valence-corrected chi connectivity index (χ1v) is 27.8. The molecule has 2 aliphatic heterocycles. The minimum Gasteiger partial charge on any atom is -0.384 e. The molecule has 12 heteroatoms. The van der Waals surface area contributed by atoms with E-state index in [0.29, 0.717) is 70.0 Å². The Labute approximate surface area is 470 Å². The van der Waals surface area contributed by atoms with E-state index in [9.17, 15) is 19.8 Å². The summed E-state index contributed by atoms with van der Waals surface area (Å²) in [5.41, 5.74) is 3.32. The van der Waals surface area contributed by atoms with Gasteiger partial charge in [0.2, 0.25) is 11.8 Å². The Balaban J connectivity index is 0.000000221. The number of nitrogens with zero attached hydrogens (tertiary/aromatic N) is 4. The summed E-state index contributed by atoms with van der Waals surface area (Å²) in [5.74, 6) is 0.0870. The summed E-state index contributed by atoms with van der Waals surface area (Å²) in [6, 6.07) is 41.6. The number of allylic oxidation sites excluding steroid dienone is 2. The maximum atomic E-state index is 14.5. The zero-order valence-corrected chi connectivity index (χ0v) is 48.0. The average Bonchev–Trinajstić information content (AvgIpc) is 3.43. The highest BCUT2D eigenvalue weighted by Gasteiger charge is 2.53. The van der Waals surface area contributed by atoms with E-state index in [0.717, 1.165) is 33.6 Å². The van der Waals surface area contributed by atoms with Gasteiger partial charge in [-0.1, -0.05) is 147 Å². The number of carbonyl (C=O) groups is 2. The van der Waals surface area contributed by atoms with Crippen LogP contribution < -0.4 is 0 Å². The molecule has 76 heavy (non-hydrogen) atoms. The van der Waals surface area contributed by atoms with Crippen molar-refractivity contribution in [1.82, 2.24) is 19.8 Å². The fourth-order valence-corrected chi connectivity index (χ4v) is 12.2. The Morgan fingerprint density at radius 2 is 0.895 bits per heavy atom. The molecule has 4 aromatic carbocycles. The van der Waals surface area contributed by atoms with Crippen molar-refractivity contribution in [2.45, 2.75) is 141 Å². The minimum absolute atomic E-state index is 0.0240. The molecule has 2 fully saturated rings. The third-order valence-electron chi connectivity index (χ3n) is 15.3. The van der Waals surface area contributed by atoms with Crippen LogP contribution in [0.1, 0.15) is 175 Å². The summed E-state index contributed by atoms with van der Waals surface area (Å²) in [4.78, 5) is 42.9. The number of likely N-dealkylation sites (tertiary alicyclic amines) is 2. The van der Waals surface area contributed by atoms with E-state index < -0.39 is 22.0 Å². The van der Waals surface area contributed by atoms with E-state index in [2.05, 4.69) is 39.1 Å². The largest absolute Gasteiger partial charge is 0.384 e. The zero-order chi connectivity index (χ0) is 55.3. The van der Waals surface area contributed by atoms with Crippen LogP contribution in [0.2, 0.25) is 20.1 Å². The number of rotatable bonds is 16. The van der Waals surface area contributed by atoms with Crippen molar-refractivity contribution in [3.05, 3.63) is 224 Å². The molecule has 4 heterocycles. The molecule has 0 aliphatic carbocycles. The van der Waals surface area contributed by atoms with Crippen LogP contribution in [0, 0.1) is 10.8 Å². The number of piperidine rings is 2. The quantitative estimate of drug-likeness (QED) is 0.0935. The van der Waals surface area contributed by atoms with Crippen molar-refractivity contribution in [3.8, 4) is 0 Å². The first kappa shape index (κ1) is 58.4. The molecule has 2 N–H and O–H groups in total. The molecule has 0 radical (unpaired) electrons. The normalized spacial score (nSPS) is 22.8. The number of aliphatic hydroxyl groups is 2. The fourth-order valence-electron chi connectivity index (χ4n) is 11.5. The van der Waals surface area contributed by atoms with E-state index in [4.69, 9.17) is 56.4 Å². The Kier molecular flexibility index (Phi) is 18.5. The number of hydrogen-bond donors (Lipinski definition) is 2. The van der Waals surface area contributed by atoms with Gasteiger partial charge in [0.05, 0.1) is 57.8 Å². The van der Waals surface area contributed by atoms with Crippen LogP contribution >= 0.6 is 46.4 Å². The number of halogens is 4. The summed E-state index contributed by atoms with van der Waals surface area (Å²) in [6.45, 7) is 23.0. The Bertz CT molecular complexity index is 2810. The van der Waals surface area contributed by atoms with Gasteiger partial charge in [0.25, 0.3) is 0 Å². The second-order valence-electron chi connectivity index (χ2n) is 22.1. The first-order valence-electron chi connectivity index (χ1n) is 26.3. The third-order valence-corrected chi connectivity index (χ3v) is 16.3. The SMILES string of the molecule is C=CC[C@@]1(C)C[C@H](c2cccc(Cl)c2)[C@@H](c2ccc(Cl)cc2)N([C@@H](CC)c2cccc(C(C)(C)O)n2)C1=O.C=CC[C@@]1(C)C[C@H](c2cccc(Cl)c2)[C@@H](c2ccc(Cl)cc2)N([C@H](CC)c2cccc(C(C)(C)O)n2)C1=O. The lowest BCUT2D eigenvalue weighted by atomic mass is 9.67. The van der Waals surface area contributed by atoms with Crippen molar-refractivity contribution >= 4 is 58.2 Å². The maximum Gasteiger partial charge on any atom is 0.229 e. The van der Waals surface area contributed by atoms with Crippen molar-refractivity contribution in [3.63, 3.8) is 0 Å². The predicted molar refractivity (Wildman–Crippen MR) is 311 cm³/mol. The summed E-state index contributed by atoms with van der Waals surface area (Å²) in [6.07, 6.45) is 7.39. The molecule has 0 unspecified atom stereocenters. The zero-order valence-electron chi connectivity index (χ0n) is 45.0. The summed E-state index contributed by atoms with van der Waals surface area (Å²) in [5, 5.41) is 24.0. The molecular weight excluding hydrogens is 1030 g/mol. The van der Waals surface area contributed by atoms with E-state index in [1.54, 1.807) is 27.7 Å². The van der Waals surface area contributed by atoms with Crippen LogP contribution in [-0.4, -0.2) is 41.8 Å². The summed E-state index contributed by atoms with van der Waals surface area (Å²) >= 11 is 25.5. The van der Waals surface area contributed by atoms with E-state index >= 15 is 0 Å².